The number of nitrogens with zero attached hydrogens (tertiary/aromatic N) is 3. The van der Waals surface area contributed by atoms with Crippen molar-refractivity contribution in [2.75, 3.05) is 38.7 Å². The Balaban J connectivity index is 1.60. The van der Waals surface area contributed by atoms with E-state index in [1.165, 1.54) is 4.57 Å². The maximum absolute atomic E-state index is 12.5. The highest BCUT2D eigenvalue weighted by atomic mass is 32.7. The number of nitrogens with two attached hydrogens (primary N) is 1. The van der Waals surface area contributed by atoms with Crippen LogP contribution in [0.25, 0.3) is 0 Å². The van der Waals surface area contributed by atoms with Crippen LogP contribution in [0.2, 0.25) is 0 Å². The lowest BCUT2D eigenvalue weighted by atomic mass is 10.2. The number of aromatic nitrogens is 2. The minimum Gasteiger partial charge on any atom is -0.382 e. The number of rotatable bonds is 24. The fourth-order valence-corrected chi connectivity index (χ4v) is 6.51. The van der Waals surface area contributed by atoms with Crippen molar-refractivity contribution in [3.63, 3.8) is 0 Å². The van der Waals surface area contributed by atoms with Gasteiger partial charge >= 0.3 is 14.3 Å². The van der Waals surface area contributed by atoms with Crippen LogP contribution in [0.15, 0.2) is 11.0 Å². The van der Waals surface area contributed by atoms with E-state index in [4.69, 9.17) is 46.7 Å². The van der Waals surface area contributed by atoms with E-state index in [2.05, 4.69) is 52.1 Å². The summed E-state index contributed by atoms with van der Waals surface area (Å²) < 4.78 is 30.5. The Morgan fingerprint density at radius 2 is 1.59 bits per heavy atom. The molecule has 4 atom stereocenters. The molecule has 0 aliphatic carbocycles. The Kier molecular flexibility index (Phi) is 22.5. The van der Waals surface area contributed by atoms with Crippen LogP contribution in [0.3, 0.4) is 0 Å². The lowest BCUT2D eigenvalue weighted by molar-refractivity contribution is 0.00210. The van der Waals surface area contributed by atoms with Crippen molar-refractivity contribution in [3.05, 3.63) is 22.2 Å². The summed E-state index contributed by atoms with van der Waals surface area (Å²) in [7, 11) is -2.55. The van der Waals surface area contributed by atoms with Crippen LogP contribution in [-0.2, 0) is 22.8 Å². The van der Waals surface area contributed by atoms with Crippen molar-refractivity contribution >= 4 is 34.2 Å². The van der Waals surface area contributed by atoms with Gasteiger partial charge in [0, 0.05) is 32.0 Å². The summed E-state index contributed by atoms with van der Waals surface area (Å²) in [5.41, 5.74) is 6.01. The largest absolute Gasteiger partial charge is 0.382 e. The van der Waals surface area contributed by atoms with E-state index in [1.807, 2.05) is 0 Å². The molecule has 1 fully saturated rings. The van der Waals surface area contributed by atoms with Crippen LogP contribution in [-0.4, -0.2) is 48.6 Å². The molecule has 2 rings (SSSR count). The van der Waals surface area contributed by atoms with Crippen LogP contribution in [0, 0.1) is 47.9 Å². The number of hydrogen-bond donors (Lipinski definition) is 3. The van der Waals surface area contributed by atoms with Crippen molar-refractivity contribution in [1.82, 2.24) is 14.6 Å². The Morgan fingerprint density at radius 3 is 2.28 bits per heavy atom. The molecule has 0 aromatic carbocycles. The van der Waals surface area contributed by atoms with E-state index >= 15 is 0 Å². The zero-order valence-corrected chi connectivity index (χ0v) is 29.2. The van der Waals surface area contributed by atoms with E-state index < -0.39 is 28.0 Å². The molecule has 3 N–H and O–H groups in total. The number of thiol groups is 1. The third kappa shape index (κ3) is 17.7. The summed E-state index contributed by atoms with van der Waals surface area (Å²) in [4.78, 5) is 16.5. The first-order valence-electron chi connectivity index (χ1n) is 15.8. The van der Waals surface area contributed by atoms with Crippen molar-refractivity contribution in [1.29, 1.82) is 5.26 Å². The molecule has 1 unspecified atom stereocenters. The molecule has 0 saturated carbocycles. The van der Waals surface area contributed by atoms with Gasteiger partial charge in [-0.2, -0.15) is 10.2 Å². The number of unbranched alkanes of at least 4 members (excludes halogenated alkanes) is 8. The SMILES string of the molecule is C#CCCCCC#Cc1cn([C@H]2CC[C@@H](CN[P@](S)OCCCCCCOP(OCCC#N)OCCCCC#C)O2)c(=O)nc1N. The lowest BCUT2D eigenvalue weighted by Gasteiger charge is -2.18. The van der Waals surface area contributed by atoms with Gasteiger partial charge < -0.3 is 28.6 Å². The second-order valence-corrected chi connectivity index (χ2v) is 13.8. The average Bonchev–Trinajstić information content (AvgIpc) is 3.52. The Hall–Kier alpha value is -2.18. The third-order valence-electron chi connectivity index (χ3n) is 6.70. The van der Waals surface area contributed by atoms with E-state index in [0.29, 0.717) is 57.8 Å². The van der Waals surface area contributed by atoms with Crippen LogP contribution >= 0.6 is 28.4 Å². The Morgan fingerprint density at radius 1 is 0.957 bits per heavy atom. The van der Waals surface area contributed by atoms with Crippen LogP contribution < -0.4 is 16.5 Å². The molecular weight excluding hydrogens is 644 g/mol. The predicted octanol–water partition coefficient (Wildman–Crippen LogP) is 6.37. The molecule has 0 radical (unpaired) electrons. The number of nitrogen functional groups attached to an aromatic ring is 1. The molecule has 1 aliphatic heterocycles. The van der Waals surface area contributed by atoms with Gasteiger partial charge in [-0.25, -0.2) is 4.79 Å². The quantitative estimate of drug-likeness (QED) is 0.0485. The smallest absolute Gasteiger partial charge is 0.351 e. The van der Waals surface area contributed by atoms with Crippen molar-refractivity contribution in [2.24, 2.45) is 0 Å². The van der Waals surface area contributed by atoms with Gasteiger partial charge in [0.1, 0.15) is 12.0 Å². The average molecular weight is 692 g/mol. The Labute approximate surface area is 282 Å². The van der Waals surface area contributed by atoms with Gasteiger partial charge in [0.25, 0.3) is 0 Å². The van der Waals surface area contributed by atoms with Gasteiger partial charge in [-0.15, -0.1) is 36.9 Å². The molecule has 0 bridgehead atoms. The first-order valence-corrected chi connectivity index (χ1v) is 19.3. The van der Waals surface area contributed by atoms with E-state index in [0.717, 1.165) is 70.6 Å². The highest BCUT2D eigenvalue weighted by molar-refractivity contribution is 8.42. The van der Waals surface area contributed by atoms with Gasteiger partial charge in [-0.05, 0) is 51.4 Å². The van der Waals surface area contributed by atoms with Crippen molar-refractivity contribution in [3.8, 4) is 42.6 Å². The number of nitriles is 1. The van der Waals surface area contributed by atoms with Gasteiger partial charge in [0.05, 0.1) is 50.6 Å². The number of ether oxygens (including phenoxy) is 1. The summed E-state index contributed by atoms with van der Waals surface area (Å²) in [5, 5.41) is 12.0. The van der Waals surface area contributed by atoms with Crippen LogP contribution in [0.4, 0.5) is 5.82 Å². The molecule has 1 aromatic rings. The zero-order chi connectivity index (χ0) is 33.2. The fourth-order valence-electron chi connectivity index (χ4n) is 4.24. The maximum atomic E-state index is 12.5. The summed E-state index contributed by atoms with van der Waals surface area (Å²) in [6, 6.07) is 2.06. The normalized spacial score (nSPS) is 16.9. The highest BCUT2D eigenvalue weighted by Gasteiger charge is 2.28. The zero-order valence-electron chi connectivity index (χ0n) is 26.5. The highest BCUT2D eigenvalue weighted by Crippen LogP contribution is 2.40. The number of nitrogens with one attached hydrogen (secondary N) is 1. The second-order valence-electron chi connectivity index (χ2n) is 10.4. The number of hydrogen-bond acceptors (Lipinski definition) is 11. The van der Waals surface area contributed by atoms with E-state index in [1.54, 1.807) is 6.20 Å². The number of anilines is 1. The standard InChI is InChI=1S/C32H47N5O6P2S/c1-3-5-7-9-10-13-18-28-27-37(32(38)36-31(28)34)30-20-19-29(43-30)26-35-44(46)39-22-15-11-12-16-24-41-45(42-25-17-21-33)40-23-14-8-6-4-2/h1-2,27,29-30,35,46H,5-12,14-17,19-20,22-26H2,(H2,34,36,38)/t29-,30+,44-,45?/m0/s1. The van der Waals surface area contributed by atoms with Crippen molar-refractivity contribution in [2.45, 2.75) is 102 Å². The van der Waals surface area contributed by atoms with Gasteiger partial charge in [0.2, 0.25) is 0 Å². The first kappa shape index (κ1) is 40.0. The minimum absolute atomic E-state index is 0.0813. The molecule has 0 spiro atoms. The predicted molar refractivity (Wildman–Crippen MR) is 186 cm³/mol. The lowest BCUT2D eigenvalue weighted by Crippen LogP contribution is -2.29. The summed E-state index contributed by atoms with van der Waals surface area (Å²) in [6.45, 7) is 2.52. The summed E-state index contributed by atoms with van der Waals surface area (Å²) >= 11 is 4.55. The van der Waals surface area contributed by atoms with Gasteiger partial charge in [-0.1, -0.05) is 24.7 Å². The van der Waals surface area contributed by atoms with E-state index in [9.17, 15) is 4.79 Å². The third-order valence-corrected chi connectivity index (χ3v) is 9.53. The monoisotopic (exact) mass is 691 g/mol. The van der Waals surface area contributed by atoms with Crippen LogP contribution in [0.1, 0.15) is 102 Å². The fraction of sp³-hybridized carbons (Fsp3) is 0.656. The molecule has 0 amide bonds. The summed E-state index contributed by atoms with van der Waals surface area (Å²) in [5.74, 6) is 11.5. The van der Waals surface area contributed by atoms with E-state index in [-0.39, 0.29) is 11.9 Å². The Bertz CT molecular complexity index is 1260. The van der Waals surface area contributed by atoms with Crippen LogP contribution in [0.5, 0.6) is 0 Å². The molecule has 14 heteroatoms. The molecule has 1 aromatic heterocycles. The first-order chi connectivity index (χ1) is 22.5. The molecular formula is C32H47N5O6P2S. The van der Waals surface area contributed by atoms with Crippen molar-refractivity contribution < 1.29 is 22.8 Å². The minimum atomic E-state index is -1.45. The van der Waals surface area contributed by atoms with Gasteiger partial charge in [0.15, 0.2) is 7.50 Å². The molecule has 1 aliphatic rings. The molecule has 11 nitrogen and oxygen atoms in total. The van der Waals surface area contributed by atoms with Gasteiger partial charge in [-0.3, -0.25) is 9.65 Å². The molecule has 2 heterocycles. The molecule has 1 saturated heterocycles. The second kappa shape index (κ2) is 25.9. The topological polar surface area (TPSA) is 143 Å². The molecule has 252 valence electrons. The number of terminal acetylenes is 2. The summed E-state index contributed by atoms with van der Waals surface area (Å²) in [6.07, 6.45) is 23.0. The molecule has 46 heavy (non-hydrogen) atoms. The maximum Gasteiger partial charge on any atom is 0.351 e.